The average molecular weight is 371 g/mol. The number of hydrogen-bond donors (Lipinski definition) is 2. The van der Waals surface area contributed by atoms with Crippen molar-refractivity contribution in [1.82, 2.24) is 19.1 Å². The van der Waals surface area contributed by atoms with Crippen LogP contribution in [0.15, 0.2) is 57.7 Å². The second-order valence-corrected chi connectivity index (χ2v) is 6.43. The van der Waals surface area contributed by atoms with Crippen molar-refractivity contribution in [1.29, 1.82) is 0 Å². The largest absolute Gasteiger partial charge is 0.329 e. The van der Waals surface area contributed by atoms with Crippen molar-refractivity contribution in [3.63, 3.8) is 0 Å². The van der Waals surface area contributed by atoms with Gasteiger partial charge in [-0.25, -0.2) is 9.78 Å². The van der Waals surface area contributed by atoms with Gasteiger partial charge in [-0.2, -0.15) is 0 Å². The number of aromatic nitrogens is 4. The number of carbonyl (C=O) groups is 1. The van der Waals surface area contributed by atoms with Crippen molar-refractivity contribution >= 4 is 34.5 Å². The Morgan fingerprint density at radius 2 is 2.08 bits per heavy atom. The fourth-order valence-corrected chi connectivity index (χ4v) is 3.28. The number of anilines is 1. The first kappa shape index (κ1) is 17.7. The molecule has 8 nitrogen and oxygen atoms in total. The lowest BCUT2D eigenvalue weighted by Gasteiger charge is -2.06. The molecule has 0 atom stereocenters. The number of benzene rings is 1. The molecule has 9 heteroatoms. The minimum absolute atomic E-state index is 0.112. The average Bonchev–Trinajstić information content (AvgIpc) is 2.98. The lowest BCUT2D eigenvalue weighted by atomic mass is 10.3. The van der Waals surface area contributed by atoms with Gasteiger partial charge in [-0.15, -0.1) is 6.58 Å². The highest BCUT2D eigenvalue weighted by molar-refractivity contribution is 7.99. The van der Waals surface area contributed by atoms with Crippen LogP contribution in [0.2, 0.25) is 0 Å². The number of carbonyl (C=O) groups excluding carboxylic acids is 1. The number of hydrogen-bond acceptors (Lipinski definition) is 5. The van der Waals surface area contributed by atoms with Gasteiger partial charge in [-0.05, 0) is 12.1 Å². The standard InChI is InChI=1S/C17H17N5O3S/c1-3-9-22-13-14(21(2)16(25)20-15(13)24)19-17(22)26-10-12(23)18-11-7-5-4-6-8-11/h3-8H,1,9-10H2,2H3,(H,18,23)(H,20,24,25). The fraction of sp³-hybridized carbons (Fsp3) is 0.176. The Kier molecular flexibility index (Phi) is 5.08. The van der Waals surface area contributed by atoms with Crippen molar-refractivity contribution in [3.05, 3.63) is 63.8 Å². The fourth-order valence-electron chi connectivity index (χ4n) is 2.47. The second kappa shape index (κ2) is 7.44. The summed E-state index contributed by atoms with van der Waals surface area (Å²) in [6, 6.07) is 9.12. The maximum atomic E-state index is 12.2. The first-order chi connectivity index (χ1) is 12.5. The summed E-state index contributed by atoms with van der Waals surface area (Å²) in [5.41, 5.74) is 0.197. The van der Waals surface area contributed by atoms with Gasteiger partial charge in [0, 0.05) is 19.3 Å². The van der Waals surface area contributed by atoms with Gasteiger partial charge in [-0.1, -0.05) is 36.0 Å². The number of fused-ring (bicyclic) bond motifs is 1. The predicted octanol–water partition coefficient (Wildman–Crippen LogP) is 1.34. The molecule has 0 unspecified atom stereocenters. The number of imidazole rings is 1. The highest BCUT2D eigenvalue weighted by atomic mass is 32.2. The Hall–Kier alpha value is -3.07. The van der Waals surface area contributed by atoms with Gasteiger partial charge in [0.05, 0.1) is 5.75 Å². The molecule has 2 N–H and O–H groups in total. The minimum atomic E-state index is -0.538. The zero-order valence-electron chi connectivity index (χ0n) is 14.1. The lowest BCUT2D eigenvalue weighted by Crippen LogP contribution is -2.29. The van der Waals surface area contributed by atoms with Crippen molar-refractivity contribution in [3.8, 4) is 0 Å². The van der Waals surface area contributed by atoms with E-state index in [4.69, 9.17) is 0 Å². The number of nitrogens with zero attached hydrogens (tertiary/aromatic N) is 3. The highest BCUT2D eigenvalue weighted by Gasteiger charge is 2.17. The Bertz CT molecular complexity index is 1080. The summed E-state index contributed by atoms with van der Waals surface area (Å²) >= 11 is 1.19. The molecule has 0 fully saturated rings. The quantitative estimate of drug-likeness (QED) is 0.503. The maximum Gasteiger partial charge on any atom is 0.329 e. The molecule has 0 aliphatic carbocycles. The van der Waals surface area contributed by atoms with E-state index in [1.807, 2.05) is 18.2 Å². The smallest absolute Gasteiger partial charge is 0.325 e. The Morgan fingerprint density at radius 3 is 2.77 bits per heavy atom. The summed E-state index contributed by atoms with van der Waals surface area (Å²) in [6.07, 6.45) is 1.62. The van der Waals surface area contributed by atoms with Gasteiger partial charge in [0.15, 0.2) is 16.3 Å². The van der Waals surface area contributed by atoms with E-state index in [-0.39, 0.29) is 22.8 Å². The Balaban J connectivity index is 1.88. The summed E-state index contributed by atoms with van der Waals surface area (Å²) in [6.45, 7) is 4.02. The number of rotatable bonds is 6. The van der Waals surface area contributed by atoms with Gasteiger partial charge in [0.1, 0.15) is 0 Å². The van der Waals surface area contributed by atoms with E-state index < -0.39 is 11.2 Å². The van der Waals surface area contributed by atoms with Gasteiger partial charge >= 0.3 is 5.69 Å². The normalized spacial score (nSPS) is 10.8. The molecule has 2 aromatic heterocycles. The van der Waals surface area contributed by atoms with Gasteiger partial charge in [0.25, 0.3) is 5.56 Å². The van der Waals surface area contributed by atoms with Crippen LogP contribution >= 0.6 is 11.8 Å². The van der Waals surface area contributed by atoms with Gasteiger partial charge in [0.2, 0.25) is 5.91 Å². The molecule has 0 aliphatic heterocycles. The molecule has 1 amide bonds. The number of aryl methyl sites for hydroxylation is 1. The first-order valence-electron chi connectivity index (χ1n) is 7.79. The molecule has 0 spiro atoms. The van der Waals surface area contributed by atoms with Crippen molar-refractivity contribution in [2.45, 2.75) is 11.7 Å². The number of nitrogens with one attached hydrogen (secondary N) is 2. The second-order valence-electron chi connectivity index (χ2n) is 5.49. The summed E-state index contributed by atoms with van der Waals surface area (Å²) in [5, 5.41) is 3.26. The van der Waals surface area contributed by atoms with Crippen LogP contribution in [0.4, 0.5) is 5.69 Å². The van der Waals surface area contributed by atoms with E-state index in [1.165, 1.54) is 23.4 Å². The predicted molar refractivity (Wildman–Crippen MR) is 102 cm³/mol. The van der Waals surface area contributed by atoms with Crippen LogP contribution < -0.4 is 16.6 Å². The topological polar surface area (TPSA) is 102 Å². The van der Waals surface area contributed by atoms with E-state index in [1.54, 1.807) is 22.8 Å². The van der Waals surface area contributed by atoms with Crippen LogP contribution in [-0.4, -0.2) is 30.8 Å². The Labute approximate surface area is 152 Å². The number of allylic oxidation sites excluding steroid dienone is 1. The highest BCUT2D eigenvalue weighted by Crippen LogP contribution is 2.21. The molecular weight excluding hydrogens is 354 g/mol. The Morgan fingerprint density at radius 1 is 1.35 bits per heavy atom. The zero-order chi connectivity index (χ0) is 18.7. The molecule has 0 saturated heterocycles. The molecule has 2 heterocycles. The number of aromatic amines is 1. The summed E-state index contributed by atoms with van der Waals surface area (Å²) in [7, 11) is 1.53. The molecule has 0 aliphatic rings. The molecule has 26 heavy (non-hydrogen) atoms. The van der Waals surface area contributed by atoms with Gasteiger partial charge in [-0.3, -0.25) is 19.1 Å². The molecule has 0 bridgehead atoms. The molecule has 134 valence electrons. The van der Waals surface area contributed by atoms with E-state index in [2.05, 4.69) is 21.9 Å². The third kappa shape index (κ3) is 3.47. The summed E-state index contributed by atoms with van der Waals surface area (Å²) in [5.74, 6) is -0.0810. The summed E-state index contributed by atoms with van der Waals surface area (Å²) in [4.78, 5) is 42.7. The molecule has 1 aromatic carbocycles. The van der Waals surface area contributed by atoms with Crippen LogP contribution in [0.5, 0.6) is 0 Å². The zero-order valence-corrected chi connectivity index (χ0v) is 14.9. The SMILES string of the molecule is C=CCn1c(SCC(=O)Nc2ccccc2)nc2c1c(=O)[nH]c(=O)n2C. The molecule has 3 aromatic rings. The van der Waals surface area contributed by atoms with Crippen LogP contribution in [-0.2, 0) is 18.4 Å². The summed E-state index contributed by atoms with van der Waals surface area (Å²) < 4.78 is 2.91. The lowest BCUT2D eigenvalue weighted by molar-refractivity contribution is -0.113. The van der Waals surface area contributed by atoms with Crippen molar-refractivity contribution < 1.29 is 4.79 Å². The van der Waals surface area contributed by atoms with Crippen molar-refractivity contribution in [2.75, 3.05) is 11.1 Å². The number of para-hydroxylation sites is 1. The van der Waals surface area contributed by atoms with Crippen LogP contribution in [0, 0.1) is 0 Å². The molecule has 3 rings (SSSR count). The van der Waals surface area contributed by atoms with Gasteiger partial charge < -0.3 is 9.88 Å². The van der Waals surface area contributed by atoms with Crippen LogP contribution in [0.3, 0.4) is 0 Å². The monoisotopic (exact) mass is 371 g/mol. The number of amides is 1. The minimum Gasteiger partial charge on any atom is -0.325 e. The molecular formula is C17H17N5O3S. The third-order valence-electron chi connectivity index (χ3n) is 3.67. The number of H-pyrrole nitrogens is 1. The molecule has 0 saturated carbocycles. The van der Waals surface area contributed by atoms with Crippen LogP contribution in [0.25, 0.3) is 11.2 Å². The van der Waals surface area contributed by atoms with E-state index in [9.17, 15) is 14.4 Å². The number of thioether (sulfide) groups is 1. The van der Waals surface area contributed by atoms with E-state index in [0.29, 0.717) is 17.4 Å². The van der Waals surface area contributed by atoms with Crippen molar-refractivity contribution in [2.24, 2.45) is 7.05 Å². The van der Waals surface area contributed by atoms with E-state index >= 15 is 0 Å². The maximum absolute atomic E-state index is 12.2. The van der Waals surface area contributed by atoms with Crippen LogP contribution in [0.1, 0.15) is 0 Å². The first-order valence-corrected chi connectivity index (χ1v) is 8.78. The molecule has 0 radical (unpaired) electrons. The third-order valence-corrected chi connectivity index (χ3v) is 4.65. The van der Waals surface area contributed by atoms with E-state index in [0.717, 1.165) is 0 Å².